The summed E-state index contributed by atoms with van der Waals surface area (Å²) >= 11 is 0. The molecule has 3 rings (SSSR count). The van der Waals surface area contributed by atoms with E-state index in [0.717, 1.165) is 18.4 Å². The molecule has 1 aromatic carbocycles. The maximum Gasteiger partial charge on any atom is 0.411 e. The van der Waals surface area contributed by atoms with E-state index in [9.17, 15) is 14.4 Å². The highest BCUT2D eigenvalue weighted by Crippen LogP contribution is 2.20. The zero-order valence-corrected chi connectivity index (χ0v) is 18.0. The highest BCUT2D eigenvalue weighted by molar-refractivity contribution is 5.87. The van der Waals surface area contributed by atoms with Gasteiger partial charge in [-0.15, -0.1) is 0 Å². The molecule has 0 unspecified atom stereocenters. The first-order valence-corrected chi connectivity index (χ1v) is 10.5. The fourth-order valence-corrected chi connectivity index (χ4v) is 3.66. The average molecular weight is 418 g/mol. The van der Waals surface area contributed by atoms with Crippen molar-refractivity contribution in [2.75, 3.05) is 32.7 Å². The van der Waals surface area contributed by atoms with Gasteiger partial charge in [0.15, 0.2) is 0 Å². The first-order valence-electron chi connectivity index (χ1n) is 10.5. The van der Waals surface area contributed by atoms with Gasteiger partial charge < -0.3 is 19.3 Å². The molecule has 0 saturated carbocycles. The third-order valence-electron chi connectivity index (χ3n) is 5.17. The molecule has 8 nitrogen and oxygen atoms in total. The highest BCUT2D eigenvalue weighted by Gasteiger charge is 2.41. The molecule has 0 N–H and O–H groups in total. The van der Waals surface area contributed by atoms with Crippen molar-refractivity contribution in [3.05, 3.63) is 35.9 Å². The average Bonchev–Trinajstić information content (AvgIpc) is 3.25. The molecule has 0 spiro atoms. The van der Waals surface area contributed by atoms with Crippen molar-refractivity contribution in [1.29, 1.82) is 0 Å². The Bertz CT molecular complexity index is 756. The van der Waals surface area contributed by atoms with Crippen LogP contribution >= 0.6 is 0 Å². The maximum absolute atomic E-state index is 13.1. The van der Waals surface area contributed by atoms with E-state index in [2.05, 4.69) is 0 Å². The number of benzene rings is 1. The third kappa shape index (κ3) is 5.64. The van der Waals surface area contributed by atoms with Crippen molar-refractivity contribution in [3.63, 3.8) is 0 Å². The van der Waals surface area contributed by atoms with Gasteiger partial charge in [-0.05, 0) is 39.2 Å². The molecule has 1 aromatic rings. The van der Waals surface area contributed by atoms with Crippen molar-refractivity contribution in [1.82, 2.24) is 14.7 Å². The second-order valence-electron chi connectivity index (χ2n) is 8.71. The third-order valence-corrected chi connectivity index (χ3v) is 5.17. The van der Waals surface area contributed by atoms with Crippen LogP contribution in [-0.2, 0) is 20.9 Å². The summed E-state index contributed by atoms with van der Waals surface area (Å²) in [6.07, 6.45) is 0.890. The van der Waals surface area contributed by atoms with Crippen LogP contribution in [-0.4, -0.2) is 77.2 Å². The first-order chi connectivity index (χ1) is 14.2. The standard InChI is InChI=1S/C22H31N3O5/c1-22(2,3)30-21(28)25-14-13-24(15-18(25)19(26)23-11-7-8-12-23)20(27)29-16-17-9-5-4-6-10-17/h4-6,9-10,18H,7-8,11-16H2,1-3H3/t18-/m1/s1. The van der Waals surface area contributed by atoms with Crippen LogP contribution in [0.25, 0.3) is 0 Å². The molecule has 30 heavy (non-hydrogen) atoms. The molecule has 0 radical (unpaired) electrons. The molecule has 0 aromatic heterocycles. The molecule has 8 heteroatoms. The summed E-state index contributed by atoms with van der Waals surface area (Å²) < 4.78 is 10.9. The van der Waals surface area contributed by atoms with Gasteiger partial charge in [-0.2, -0.15) is 0 Å². The molecule has 2 aliphatic rings. The molecular weight excluding hydrogens is 386 g/mol. The summed E-state index contributed by atoms with van der Waals surface area (Å²) in [6, 6.07) is 8.66. The van der Waals surface area contributed by atoms with Gasteiger partial charge in [0.05, 0.1) is 6.54 Å². The lowest BCUT2D eigenvalue weighted by Crippen LogP contribution is -2.62. The number of likely N-dealkylation sites (tertiary alicyclic amines) is 1. The number of hydrogen-bond donors (Lipinski definition) is 0. The number of nitrogens with zero attached hydrogens (tertiary/aromatic N) is 3. The monoisotopic (exact) mass is 417 g/mol. The Hall–Kier alpha value is -2.77. The summed E-state index contributed by atoms with van der Waals surface area (Å²) in [7, 11) is 0. The Morgan fingerprint density at radius 3 is 2.23 bits per heavy atom. The predicted octanol–water partition coefficient (Wildman–Crippen LogP) is 2.87. The number of hydrogen-bond acceptors (Lipinski definition) is 5. The summed E-state index contributed by atoms with van der Waals surface area (Å²) in [6.45, 7) is 7.50. The van der Waals surface area contributed by atoms with E-state index in [4.69, 9.17) is 9.47 Å². The molecule has 0 aliphatic carbocycles. The van der Waals surface area contributed by atoms with Crippen LogP contribution in [0.15, 0.2) is 30.3 Å². The molecule has 3 amide bonds. The van der Waals surface area contributed by atoms with Gasteiger partial charge in [0, 0.05) is 26.2 Å². The Morgan fingerprint density at radius 1 is 0.933 bits per heavy atom. The van der Waals surface area contributed by atoms with E-state index in [1.165, 1.54) is 9.80 Å². The van der Waals surface area contributed by atoms with Crippen LogP contribution in [0.4, 0.5) is 9.59 Å². The van der Waals surface area contributed by atoms with Crippen molar-refractivity contribution >= 4 is 18.1 Å². The van der Waals surface area contributed by atoms with E-state index in [-0.39, 0.29) is 32.1 Å². The molecule has 2 aliphatic heterocycles. The molecular formula is C22H31N3O5. The number of amides is 3. The second-order valence-corrected chi connectivity index (χ2v) is 8.71. The van der Waals surface area contributed by atoms with Crippen LogP contribution in [0.3, 0.4) is 0 Å². The van der Waals surface area contributed by atoms with Crippen LogP contribution in [0, 0.1) is 0 Å². The van der Waals surface area contributed by atoms with Crippen molar-refractivity contribution in [2.45, 2.75) is 51.9 Å². The largest absolute Gasteiger partial charge is 0.445 e. The van der Waals surface area contributed by atoms with Gasteiger partial charge in [-0.1, -0.05) is 30.3 Å². The number of ether oxygens (including phenoxy) is 2. The number of rotatable bonds is 3. The Labute approximate surface area is 177 Å². The predicted molar refractivity (Wildman–Crippen MR) is 111 cm³/mol. The summed E-state index contributed by atoms with van der Waals surface area (Å²) in [4.78, 5) is 43.2. The molecule has 2 heterocycles. The molecule has 0 bridgehead atoms. The minimum Gasteiger partial charge on any atom is -0.445 e. The van der Waals surface area contributed by atoms with E-state index in [1.54, 1.807) is 25.7 Å². The highest BCUT2D eigenvalue weighted by atomic mass is 16.6. The van der Waals surface area contributed by atoms with Crippen LogP contribution in [0.1, 0.15) is 39.2 Å². The summed E-state index contributed by atoms with van der Waals surface area (Å²) in [5.41, 5.74) is 0.229. The smallest absolute Gasteiger partial charge is 0.411 e. The maximum atomic E-state index is 13.1. The van der Waals surface area contributed by atoms with Crippen LogP contribution < -0.4 is 0 Å². The fourth-order valence-electron chi connectivity index (χ4n) is 3.66. The SMILES string of the molecule is CC(C)(C)OC(=O)N1CCN(C(=O)OCc2ccccc2)C[C@@H]1C(=O)N1CCCC1. The molecule has 2 fully saturated rings. The Morgan fingerprint density at radius 2 is 1.60 bits per heavy atom. The van der Waals surface area contributed by atoms with Crippen LogP contribution in [0.2, 0.25) is 0 Å². The van der Waals surface area contributed by atoms with Gasteiger partial charge >= 0.3 is 12.2 Å². The molecule has 1 atom stereocenters. The normalized spacial score (nSPS) is 19.6. The minimum absolute atomic E-state index is 0.0994. The molecule has 2 saturated heterocycles. The lowest BCUT2D eigenvalue weighted by atomic mass is 10.1. The minimum atomic E-state index is -0.768. The van der Waals surface area contributed by atoms with E-state index in [1.807, 2.05) is 30.3 Å². The van der Waals surface area contributed by atoms with E-state index < -0.39 is 23.8 Å². The topological polar surface area (TPSA) is 79.4 Å². The van der Waals surface area contributed by atoms with Gasteiger partial charge in [0.1, 0.15) is 18.2 Å². The zero-order chi connectivity index (χ0) is 21.7. The quantitative estimate of drug-likeness (QED) is 0.756. The zero-order valence-electron chi connectivity index (χ0n) is 18.0. The van der Waals surface area contributed by atoms with Gasteiger partial charge in [-0.3, -0.25) is 9.69 Å². The lowest BCUT2D eigenvalue weighted by molar-refractivity contribution is -0.137. The van der Waals surface area contributed by atoms with Crippen molar-refractivity contribution in [3.8, 4) is 0 Å². The first kappa shape index (κ1) is 21.9. The van der Waals surface area contributed by atoms with E-state index >= 15 is 0 Å². The lowest BCUT2D eigenvalue weighted by Gasteiger charge is -2.41. The van der Waals surface area contributed by atoms with Crippen molar-refractivity contribution in [2.24, 2.45) is 0 Å². The van der Waals surface area contributed by atoms with Gasteiger partial charge in [0.2, 0.25) is 5.91 Å². The van der Waals surface area contributed by atoms with E-state index in [0.29, 0.717) is 13.1 Å². The number of carbonyl (C=O) groups is 3. The van der Waals surface area contributed by atoms with Gasteiger partial charge in [0.25, 0.3) is 0 Å². The summed E-state index contributed by atoms with van der Waals surface area (Å²) in [5.74, 6) is -0.140. The fraction of sp³-hybridized carbons (Fsp3) is 0.591. The second kappa shape index (κ2) is 9.36. The van der Waals surface area contributed by atoms with Gasteiger partial charge in [-0.25, -0.2) is 9.59 Å². The van der Waals surface area contributed by atoms with Crippen molar-refractivity contribution < 1.29 is 23.9 Å². The Kier molecular flexibility index (Phi) is 6.84. The Balaban J connectivity index is 1.68. The number of piperazine rings is 1. The number of carbonyl (C=O) groups excluding carboxylic acids is 3. The summed E-state index contributed by atoms with van der Waals surface area (Å²) in [5, 5.41) is 0. The van der Waals surface area contributed by atoms with Crippen LogP contribution in [0.5, 0.6) is 0 Å². The molecule has 164 valence electrons.